The SMILES string of the molecule is COC(CN)CC(=O)NCCCCN1CC(C)OC(C)C1. The molecule has 0 radical (unpaired) electrons. The third-order valence-corrected chi connectivity index (χ3v) is 3.73. The molecule has 1 saturated heterocycles. The predicted octanol–water partition coefficient (Wildman–Crippen LogP) is 0.356. The normalized spacial score (nSPS) is 24.8. The van der Waals surface area contributed by atoms with Crippen molar-refractivity contribution >= 4 is 5.91 Å². The number of methoxy groups -OCH3 is 1. The van der Waals surface area contributed by atoms with Gasteiger partial charge in [0.15, 0.2) is 0 Å². The number of hydrogen-bond donors (Lipinski definition) is 2. The quantitative estimate of drug-likeness (QED) is 0.601. The Bertz CT molecular complexity index is 288. The molecule has 0 aromatic rings. The van der Waals surface area contributed by atoms with Gasteiger partial charge in [-0.1, -0.05) is 0 Å². The van der Waals surface area contributed by atoms with Crippen LogP contribution in [0, 0.1) is 0 Å². The van der Waals surface area contributed by atoms with Gasteiger partial charge in [-0.3, -0.25) is 9.69 Å². The number of amides is 1. The summed E-state index contributed by atoms with van der Waals surface area (Å²) in [6.07, 6.45) is 2.87. The average Bonchev–Trinajstić information content (AvgIpc) is 2.43. The molecule has 0 aromatic carbocycles. The highest BCUT2D eigenvalue weighted by Gasteiger charge is 2.21. The summed E-state index contributed by atoms with van der Waals surface area (Å²) in [5, 5.41) is 2.92. The third-order valence-electron chi connectivity index (χ3n) is 3.73. The number of nitrogens with zero attached hydrogens (tertiary/aromatic N) is 1. The molecule has 1 aliphatic heterocycles. The van der Waals surface area contributed by atoms with Crippen LogP contribution in [0.25, 0.3) is 0 Å². The highest BCUT2D eigenvalue weighted by Crippen LogP contribution is 2.11. The molecule has 1 heterocycles. The van der Waals surface area contributed by atoms with Crippen molar-refractivity contribution in [2.45, 2.75) is 51.4 Å². The third kappa shape index (κ3) is 7.76. The monoisotopic (exact) mass is 301 g/mol. The zero-order chi connectivity index (χ0) is 15.7. The number of rotatable bonds is 9. The maximum atomic E-state index is 11.6. The molecule has 6 nitrogen and oxygen atoms in total. The summed E-state index contributed by atoms with van der Waals surface area (Å²) < 4.78 is 10.8. The van der Waals surface area contributed by atoms with E-state index in [1.807, 2.05) is 0 Å². The van der Waals surface area contributed by atoms with E-state index in [2.05, 4.69) is 24.1 Å². The number of nitrogens with one attached hydrogen (secondary N) is 1. The van der Waals surface area contributed by atoms with Gasteiger partial charge in [0.2, 0.25) is 5.91 Å². The molecule has 0 aromatic heterocycles. The summed E-state index contributed by atoms with van der Waals surface area (Å²) in [5.41, 5.74) is 5.49. The maximum Gasteiger partial charge on any atom is 0.222 e. The van der Waals surface area contributed by atoms with Gasteiger partial charge in [-0.2, -0.15) is 0 Å². The minimum Gasteiger partial charge on any atom is -0.380 e. The first-order chi connectivity index (χ1) is 10.0. The summed E-state index contributed by atoms with van der Waals surface area (Å²) in [6.45, 7) is 8.40. The van der Waals surface area contributed by atoms with Gasteiger partial charge in [-0.05, 0) is 33.2 Å². The van der Waals surface area contributed by atoms with Crippen molar-refractivity contribution < 1.29 is 14.3 Å². The van der Waals surface area contributed by atoms with Crippen molar-refractivity contribution in [2.24, 2.45) is 5.73 Å². The Morgan fingerprint density at radius 3 is 2.62 bits per heavy atom. The number of morpholine rings is 1. The summed E-state index contributed by atoms with van der Waals surface area (Å²) in [5.74, 6) is 0.0147. The van der Waals surface area contributed by atoms with E-state index in [4.69, 9.17) is 15.2 Å². The van der Waals surface area contributed by atoms with E-state index < -0.39 is 0 Å². The molecule has 1 rings (SSSR count). The lowest BCUT2D eigenvalue weighted by molar-refractivity contribution is -0.123. The lowest BCUT2D eigenvalue weighted by atomic mass is 10.2. The fourth-order valence-electron chi connectivity index (χ4n) is 2.70. The van der Waals surface area contributed by atoms with Crippen LogP contribution in [0.3, 0.4) is 0 Å². The zero-order valence-corrected chi connectivity index (χ0v) is 13.6. The molecule has 1 fully saturated rings. The zero-order valence-electron chi connectivity index (χ0n) is 13.6. The molecule has 1 amide bonds. The van der Waals surface area contributed by atoms with Crippen LogP contribution in [-0.4, -0.2) is 69.0 Å². The Morgan fingerprint density at radius 2 is 2.05 bits per heavy atom. The Kier molecular flexibility index (Phi) is 8.84. The van der Waals surface area contributed by atoms with E-state index in [1.54, 1.807) is 7.11 Å². The van der Waals surface area contributed by atoms with Crippen molar-refractivity contribution in [2.75, 3.05) is 39.8 Å². The number of hydrogen-bond acceptors (Lipinski definition) is 5. The van der Waals surface area contributed by atoms with Gasteiger partial charge in [-0.25, -0.2) is 0 Å². The first-order valence-corrected chi connectivity index (χ1v) is 7.92. The maximum absolute atomic E-state index is 11.6. The summed E-state index contributed by atoms with van der Waals surface area (Å²) >= 11 is 0. The van der Waals surface area contributed by atoms with Gasteiger partial charge >= 0.3 is 0 Å². The van der Waals surface area contributed by atoms with E-state index in [-0.39, 0.29) is 12.0 Å². The molecule has 124 valence electrons. The van der Waals surface area contributed by atoms with Gasteiger partial charge < -0.3 is 20.5 Å². The van der Waals surface area contributed by atoms with E-state index in [9.17, 15) is 4.79 Å². The Hall–Kier alpha value is -0.690. The van der Waals surface area contributed by atoms with E-state index in [0.29, 0.717) is 25.2 Å². The van der Waals surface area contributed by atoms with Crippen molar-refractivity contribution in [1.82, 2.24) is 10.2 Å². The standard InChI is InChI=1S/C15H31N3O3/c1-12-10-18(11-13(2)21-12)7-5-4-6-17-15(19)8-14(9-16)20-3/h12-14H,4-11,16H2,1-3H3,(H,17,19). The topological polar surface area (TPSA) is 76.8 Å². The van der Waals surface area contributed by atoms with Gasteiger partial charge in [0.1, 0.15) is 0 Å². The number of ether oxygens (including phenoxy) is 2. The first kappa shape index (κ1) is 18.4. The van der Waals surface area contributed by atoms with Crippen LogP contribution in [-0.2, 0) is 14.3 Å². The van der Waals surface area contributed by atoms with E-state index >= 15 is 0 Å². The number of carbonyl (C=O) groups excluding carboxylic acids is 1. The fourth-order valence-corrected chi connectivity index (χ4v) is 2.70. The molecule has 0 saturated carbocycles. The predicted molar refractivity (Wildman–Crippen MR) is 83.2 cm³/mol. The Balaban J connectivity index is 2.05. The minimum absolute atomic E-state index is 0.0147. The molecule has 6 heteroatoms. The highest BCUT2D eigenvalue weighted by molar-refractivity contribution is 5.76. The van der Waals surface area contributed by atoms with Crippen molar-refractivity contribution in [1.29, 1.82) is 0 Å². The van der Waals surface area contributed by atoms with Gasteiger partial charge in [-0.15, -0.1) is 0 Å². The molecular weight excluding hydrogens is 270 g/mol. The van der Waals surface area contributed by atoms with E-state index in [0.717, 1.165) is 39.0 Å². The van der Waals surface area contributed by atoms with Crippen LogP contribution in [0.4, 0.5) is 0 Å². The number of unbranched alkanes of at least 4 members (excludes halogenated alkanes) is 1. The molecule has 0 aliphatic carbocycles. The molecule has 0 bridgehead atoms. The average molecular weight is 301 g/mol. The minimum atomic E-state index is -0.179. The van der Waals surface area contributed by atoms with Crippen molar-refractivity contribution in [3.05, 3.63) is 0 Å². The Morgan fingerprint density at radius 1 is 1.38 bits per heavy atom. The first-order valence-electron chi connectivity index (χ1n) is 7.92. The summed E-state index contributed by atoms with van der Waals surface area (Å²) in [4.78, 5) is 14.1. The second-order valence-corrected chi connectivity index (χ2v) is 5.87. The molecule has 3 N–H and O–H groups in total. The van der Waals surface area contributed by atoms with Crippen LogP contribution < -0.4 is 11.1 Å². The van der Waals surface area contributed by atoms with Crippen molar-refractivity contribution in [3.63, 3.8) is 0 Å². The lowest BCUT2D eigenvalue weighted by Crippen LogP contribution is -2.45. The second-order valence-electron chi connectivity index (χ2n) is 5.87. The molecule has 1 aliphatic rings. The van der Waals surface area contributed by atoms with Crippen LogP contribution >= 0.6 is 0 Å². The van der Waals surface area contributed by atoms with Gasteiger partial charge in [0.05, 0.1) is 24.7 Å². The van der Waals surface area contributed by atoms with Crippen LogP contribution in [0.1, 0.15) is 33.1 Å². The molecule has 0 spiro atoms. The number of carbonyl (C=O) groups is 1. The molecule has 3 unspecified atom stereocenters. The highest BCUT2D eigenvalue weighted by atomic mass is 16.5. The summed E-state index contributed by atoms with van der Waals surface area (Å²) in [6, 6.07) is 0. The lowest BCUT2D eigenvalue weighted by Gasteiger charge is -2.35. The molecular formula is C15H31N3O3. The summed E-state index contributed by atoms with van der Waals surface area (Å²) in [7, 11) is 1.58. The van der Waals surface area contributed by atoms with E-state index in [1.165, 1.54) is 0 Å². The van der Waals surface area contributed by atoms with Crippen LogP contribution in [0.5, 0.6) is 0 Å². The molecule has 21 heavy (non-hydrogen) atoms. The van der Waals surface area contributed by atoms with Gasteiger partial charge in [0, 0.05) is 33.3 Å². The van der Waals surface area contributed by atoms with Gasteiger partial charge in [0.25, 0.3) is 0 Å². The Labute approximate surface area is 128 Å². The fraction of sp³-hybridized carbons (Fsp3) is 0.933. The second kappa shape index (κ2) is 10.1. The largest absolute Gasteiger partial charge is 0.380 e. The smallest absolute Gasteiger partial charge is 0.222 e. The van der Waals surface area contributed by atoms with Crippen LogP contribution in [0.2, 0.25) is 0 Å². The number of nitrogens with two attached hydrogens (primary N) is 1. The van der Waals surface area contributed by atoms with Crippen LogP contribution in [0.15, 0.2) is 0 Å². The molecule has 3 atom stereocenters. The van der Waals surface area contributed by atoms with Crippen molar-refractivity contribution in [3.8, 4) is 0 Å².